The molecule has 0 radical (unpaired) electrons. The van der Waals surface area contributed by atoms with E-state index in [9.17, 15) is 9.59 Å². The molecule has 0 aliphatic carbocycles. The van der Waals surface area contributed by atoms with E-state index in [1.54, 1.807) is 0 Å². The Morgan fingerprint density at radius 1 is 1.46 bits per heavy atom. The third-order valence-electron chi connectivity index (χ3n) is 1.72. The topological polar surface area (TPSA) is 72.6 Å². The number of carbonyl (C=O) groups is 2. The number of carbonyl (C=O) groups excluding carboxylic acids is 2. The van der Waals surface area contributed by atoms with Gasteiger partial charge >= 0.3 is 0 Å². The molecule has 2 N–H and O–H groups in total. The van der Waals surface area contributed by atoms with E-state index in [1.165, 1.54) is 0 Å². The number of ether oxygens (including phenoxy) is 1. The van der Waals surface area contributed by atoms with Crippen molar-refractivity contribution in [2.45, 2.75) is 0 Å². The summed E-state index contributed by atoms with van der Waals surface area (Å²) in [6, 6.07) is 0. The first-order valence-electron chi connectivity index (χ1n) is 3.93. The van der Waals surface area contributed by atoms with Crippen molar-refractivity contribution in [3.8, 4) is 0 Å². The second-order valence-electron chi connectivity index (χ2n) is 2.82. The zero-order chi connectivity index (χ0) is 9.84. The molecule has 1 aliphatic rings. The summed E-state index contributed by atoms with van der Waals surface area (Å²) in [4.78, 5) is 23.4. The lowest BCUT2D eigenvalue weighted by Gasteiger charge is -2.25. The van der Waals surface area contributed by atoms with Crippen LogP contribution in [0.3, 0.4) is 0 Å². The average molecular weight is 184 g/mol. The Morgan fingerprint density at radius 3 is 2.46 bits per heavy atom. The summed E-state index contributed by atoms with van der Waals surface area (Å²) >= 11 is 0. The molecule has 0 bridgehead atoms. The molecule has 1 fully saturated rings. The molecule has 0 saturated carbocycles. The van der Waals surface area contributed by atoms with Gasteiger partial charge in [0.15, 0.2) is 0 Å². The average Bonchev–Trinajstić information content (AvgIpc) is 2.11. The van der Waals surface area contributed by atoms with Crippen LogP contribution in [0.2, 0.25) is 0 Å². The zero-order valence-electron chi connectivity index (χ0n) is 7.28. The molecule has 1 saturated heterocycles. The number of amides is 2. The largest absolute Gasteiger partial charge is 0.362 e. The van der Waals surface area contributed by atoms with Crippen LogP contribution in [-0.4, -0.2) is 43.0 Å². The molecular formula is C8H12N2O3. The number of morpholine rings is 1. The van der Waals surface area contributed by atoms with Crippen LogP contribution in [0, 0.1) is 0 Å². The molecule has 0 atom stereocenters. The SMILES string of the molecule is C=C(CN)CN1C(=O)COCC1=O. The Bertz CT molecular complexity index is 234. The maximum Gasteiger partial charge on any atom is 0.255 e. The van der Waals surface area contributed by atoms with E-state index in [1.807, 2.05) is 0 Å². The number of nitrogens with two attached hydrogens (primary N) is 1. The van der Waals surface area contributed by atoms with Crippen molar-refractivity contribution in [1.29, 1.82) is 0 Å². The minimum Gasteiger partial charge on any atom is -0.362 e. The molecule has 5 heteroatoms. The highest BCUT2D eigenvalue weighted by atomic mass is 16.5. The molecule has 1 heterocycles. The van der Waals surface area contributed by atoms with Gasteiger partial charge in [-0.3, -0.25) is 14.5 Å². The highest BCUT2D eigenvalue weighted by Crippen LogP contribution is 2.03. The fourth-order valence-corrected chi connectivity index (χ4v) is 0.985. The van der Waals surface area contributed by atoms with Gasteiger partial charge in [0.2, 0.25) is 0 Å². The lowest BCUT2D eigenvalue weighted by molar-refractivity contribution is -0.157. The minimum atomic E-state index is -0.328. The lowest BCUT2D eigenvalue weighted by Crippen LogP contribution is -2.47. The molecule has 2 amide bonds. The van der Waals surface area contributed by atoms with E-state index in [4.69, 9.17) is 10.5 Å². The first kappa shape index (κ1) is 9.88. The van der Waals surface area contributed by atoms with Crippen molar-refractivity contribution in [3.63, 3.8) is 0 Å². The molecule has 0 unspecified atom stereocenters. The summed E-state index contributed by atoms with van der Waals surface area (Å²) in [5.41, 5.74) is 5.96. The van der Waals surface area contributed by atoms with Crippen molar-refractivity contribution in [3.05, 3.63) is 12.2 Å². The Hall–Kier alpha value is -1.20. The Balaban J connectivity index is 2.59. The van der Waals surface area contributed by atoms with E-state index in [0.29, 0.717) is 5.57 Å². The third-order valence-corrected chi connectivity index (χ3v) is 1.72. The fraction of sp³-hybridized carbons (Fsp3) is 0.500. The van der Waals surface area contributed by atoms with Crippen LogP contribution in [0.4, 0.5) is 0 Å². The molecule has 0 aromatic rings. The zero-order valence-corrected chi connectivity index (χ0v) is 7.28. The van der Waals surface area contributed by atoms with Crippen LogP contribution in [0.25, 0.3) is 0 Å². The maximum absolute atomic E-state index is 11.2. The van der Waals surface area contributed by atoms with Crippen LogP contribution in [-0.2, 0) is 14.3 Å². The van der Waals surface area contributed by atoms with Gasteiger partial charge in [0.25, 0.3) is 11.8 Å². The number of hydrogen-bond donors (Lipinski definition) is 1. The minimum absolute atomic E-state index is 0.0381. The number of hydrogen-bond acceptors (Lipinski definition) is 4. The highest BCUT2D eigenvalue weighted by molar-refractivity contribution is 5.98. The summed E-state index contributed by atoms with van der Waals surface area (Å²) in [5.74, 6) is -0.656. The standard InChI is InChI=1S/C8H12N2O3/c1-6(2-9)3-10-7(11)4-13-5-8(10)12/h1-5,9H2. The number of rotatable bonds is 3. The maximum atomic E-state index is 11.2. The third kappa shape index (κ3) is 2.37. The first-order chi connectivity index (χ1) is 6.15. The van der Waals surface area contributed by atoms with Gasteiger partial charge in [-0.05, 0) is 5.57 Å². The van der Waals surface area contributed by atoms with Gasteiger partial charge in [0.05, 0.1) is 6.54 Å². The fourth-order valence-electron chi connectivity index (χ4n) is 0.985. The second kappa shape index (κ2) is 4.15. The first-order valence-corrected chi connectivity index (χ1v) is 3.93. The Kier molecular flexibility index (Phi) is 3.16. The van der Waals surface area contributed by atoms with E-state index in [0.717, 1.165) is 4.90 Å². The molecular weight excluding hydrogens is 172 g/mol. The van der Waals surface area contributed by atoms with Crippen molar-refractivity contribution in [2.75, 3.05) is 26.3 Å². The van der Waals surface area contributed by atoms with Crippen molar-refractivity contribution < 1.29 is 14.3 Å². The van der Waals surface area contributed by atoms with E-state index < -0.39 is 0 Å². The Labute approximate surface area is 76.1 Å². The molecule has 0 aromatic carbocycles. The summed E-state index contributed by atoms with van der Waals surface area (Å²) in [6.07, 6.45) is 0. The van der Waals surface area contributed by atoms with Gasteiger partial charge in [0.1, 0.15) is 13.2 Å². The van der Waals surface area contributed by atoms with Crippen LogP contribution in [0.5, 0.6) is 0 Å². The normalized spacial score (nSPS) is 17.8. The van der Waals surface area contributed by atoms with Gasteiger partial charge in [-0.2, -0.15) is 0 Å². The van der Waals surface area contributed by atoms with E-state index in [-0.39, 0.29) is 38.1 Å². The molecule has 0 spiro atoms. The van der Waals surface area contributed by atoms with Gasteiger partial charge in [-0.15, -0.1) is 0 Å². The van der Waals surface area contributed by atoms with Gasteiger partial charge in [-0.1, -0.05) is 6.58 Å². The second-order valence-corrected chi connectivity index (χ2v) is 2.82. The van der Waals surface area contributed by atoms with Crippen molar-refractivity contribution in [1.82, 2.24) is 4.90 Å². The van der Waals surface area contributed by atoms with E-state index >= 15 is 0 Å². The van der Waals surface area contributed by atoms with Crippen molar-refractivity contribution in [2.24, 2.45) is 5.73 Å². The van der Waals surface area contributed by atoms with Gasteiger partial charge < -0.3 is 10.5 Å². The molecule has 1 aliphatic heterocycles. The van der Waals surface area contributed by atoms with Gasteiger partial charge in [-0.25, -0.2) is 0 Å². The number of imide groups is 1. The number of nitrogens with zero attached hydrogens (tertiary/aromatic N) is 1. The summed E-state index contributed by atoms with van der Waals surface area (Å²) in [5, 5.41) is 0. The molecule has 0 aromatic heterocycles. The summed E-state index contributed by atoms with van der Waals surface area (Å²) < 4.78 is 4.74. The Morgan fingerprint density at radius 2 is 2.00 bits per heavy atom. The van der Waals surface area contributed by atoms with Crippen LogP contribution in [0.15, 0.2) is 12.2 Å². The predicted molar refractivity (Wildman–Crippen MR) is 45.7 cm³/mol. The highest BCUT2D eigenvalue weighted by Gasteiger charge is 2.26. The molecule has 5 nitrogen and oxygen atoms in total. The summed E-state index contributed by atoms with van der Waals surface area (Å²) in [7, 11) is 0. The summed E-state index contributed by atoms with van der Waals surface area (Å²) in [6.45, 7) is 4.03. The van der Waals surface area contributed by atoms with Crippen LogP contribution < -0.4 is 5.73 Å². The van der Waals surface area contributed by atoms with E-state index in [2.05, 4.69) is 6.58 Å². The van der Waals surface area contributed by atoms with Crippen LogP contribution in [0.1, 0.15) is 0 Å². The molecule has 13 heavy (non-hydrogen) atoms. The van der Waals surface area contributed by atoms with Gasteiger partial charge in [0, 0.05) is 6.54 Å². The lowest BCUT2D eigenvalue weighted by atomic mass is 10.2. The quantitative estimate of drug-likeness (QED) is 0.445. The van der Waals surface area contributed by atoms with Crippen molar-refractivity contribution >= 4 is 11.8 Å². The molecule has 1 rings (SSSR count). The van der Waals surface area contributed by atoms with Crippen LogP contribution >= 0.6 is 0 Å². The molecule has 72 valence electrons. The monoisotopic (exact) mass is 184 g/mol. The smallest absolute Gasteiger partial charge is 0.255 e. The predicted octanol–water partition coefficient (Wildman–Crippen LogP) is -1.11.